The zero-order chi connectivity index (χ0) is 20.0. The summed E-state index contributed by atoms with van der Waals surface area (Å²) in [6, 6.07) is 24.5. The molecule has 6 nitrogen and oxygen atoms in total. The molecule has 2 N–H and O–H groups in total. The Morgan fingerprint density at radius 3 is 2.14 bits per heavy atom. The molecule has 2 aromatic heterocycles. The molecule has 0 fully saturated rings. The van der Waals surface area contributed by atoms with E-state index in [4.69, 9.17) is 5.73 Å². The van der Waals surface area contributed by atoms with Gasteiger partial charge in [-0.1, -0.05) is 60.7 Å². The first-order chi connectivity index (χ1) is 14.1. The summed E-state index contributed by atoms with van der Waals surface area (Å²) in [4.78, 5) is 0. The highest BCUT2D eigenvalue weighted by Gasteiger charge is 2.28. The van der Waals surface area contributed by atoms with E-state index in [0.717, 1.165) is 21.2 Å². The molecule has 0 radical (unpaired) electrons. The summed E-state index contributed by atoms with van der Waals surface area (Å²) in [6.07, 6.45) is 1.90. The van der Waals surface area contributed by atoms with E-state index >= 15 is 0 Å². The van der Waals surface area contributed by atoms with Gasteiger partial charge in [0.15, 0.2) is 0 Å². The molecule has 142 valence electrons. The molecule has 0 aliphatic rings. The van der Waals surface area contributed by atoms with Crippen LogP contribution in [0.2, 0.25) is 0 Å². The van der Waals surface area contributed by atoms with E-state index in [-0.39, 0.29) is 22.5 Å². The first-order valence-electron chi connectivity index (χ1n) is 9.30. The van der Waals surface area contributed by atoms with E-state index in [2.05, 4.69) is 16.7 Å². The van der Waals surface area contributed by atoms with Crippen molar-refractivity contribution >= 4 is 27.8 Å². The monoisotopic (exact) mass is 382 g/mol. The second-order valence-electron chi connectivity index (χ2n) is 6.98. The number of benzene rings is 3. The van der Waals surface area contributed by atoms with Gasteiger partial charge in [-0.3, -0.25) is 5.73 Å². The molecular weight excluding hydrogens is 364 g/mol. The molecule has 0 aliphatic carbocycles. The Hall–Kier alpha value is -4.06. The van der Waals surface area contributed by atoms with Gasteiger partial charge in [-0.05, 0) is 17.7 Å². The molecule has 0 saturated heterocycles. The summed E-state index contributed by atoms with van der Waals surface area (Å²) >= 11 is 0. The lowest BCUT2D eigenvalue weighted by Gasteiger charge is -2.13. The minimum absolute atomic E-state index is 0.110. The Labute approximate surface area is 166 Å². The number of rotatable bonds is 3. The van der Waals surface area contributed by atoms with E-state index in [9.17, 15) is 10.4 Å². The smallest absolute Gasteiger partial charge is 0.351 e. The molecule has 0 bridgehead atoms. The van der Waals surface area contributed by atoms with Crippen molar-refractivity contribution in [2.75, 3.05) is 5.73 Å². The van der Waals surface area contributed by atoms with E-state index in [1.807, 2.05) is 48.7 Å². The number of nitrogens with zero attached hydrogens (tertiary/aromatic N) is 3. The van der Waals surface area contributed by atoms with Gasteiger partial charge in [0.1, 0.15) is 0 Å². The number of para-hydroxylation sites is 3. The van der Waals surface area contributed by atoms with Crippen LogP contribution in [0, 0.1) is 10.4 Å². The number of nitrogens with two attached hydrogens (primary N) is 1. The third-order valence-electron chi connectivity index (χ3n) is 5.22. The van der Waals surface area contributed by atoms with Crippen molar-refractivity contribution in [3.8, 4) is 11.3 Å². The van der Waals surface area contributed by atoms with Crippen molar-refractivity contribution < 1.29 is 9.46 Å². The minimum atomic E-state index is -0.110. The average molecular weight is 382 g/mol. The molecule has 29 heavy (non-hydrogen) atoms. The predicted molar refractivity (Wildman–Crippen MR) is 113 cm³/mol. The van der Waals surface area contributed by atoms with Crippen molar-refractivity contribution in [1.82, 2.24) is 4.57 Å². The lowest BCUT2D eigenvalue weighted by molar-refractivity contribution is -0.609. The first-order valence-corrected chi connectivity index (χ1v) is 9.30. The van der Waals surface area contributed by atoms with Crippen LogP contribution in [-0.4, -0.2) is 4.57 Å². The van der Waals surface area contributed by atoms with Crippen molar-refractivity contribution in [2.24, 2.45) is 0 Å². The fourth-order valence-corrected chi connectivity index (χ4v) is 3.85. The van der Waals surface area contributed by atoms with Crippen LogP contribution in [0.3, 0.4) is 0 Å². The Morgan fingerprint density at radius 2 is 1.38 bits per heavy atom. The van der Waals surface area contributed by atoms with Crippen molar-refractivity contribution in [3.05, 3.63) is 101 Å². The van der Waals surface area contributed by atoms with E-state index in [0.29, 0.717) is 16.8 Å². The van der Waals surface area contributed by atoms with Crippen LogP contribution in [-0.2, 0) is 6.54 Å². The Bertz CT molecular complexity index is 1360. The molecule has 0 atom stereocenters. The second-order valence-corrected chi connectivity index (χ2v) is 6.98. The summed E-state index contributed by atoms with van der Waals surface area (Å²) in [5, 5.41) is 26.8. The minimum Gasteiger partial charge on any atom is -0.710 e. The average Bonchev–Trinajstić information content (AvgIpc) is 3.11. The Kier molecular flexibility index (Phi) is 3.84. The predicted octanol–water partition coefficient (Wildman–Crippen LogP) is 3.36. The number of hydrogen-bond acceptors (Lipinski definition) is 3. The molecule has 5 aromatic rings. The lowest BCUT2D eigenvalue weighted by atomic mass is 10.1. The third-order valence-corrected chi connectivity index (χ3v) is 5.22. The normalized spacial score (nSPS) is 11.3. The van der Waals surface area contributed by atoms with Gasteiger partial charge >= 0.3 is 11.5 Å². The number of anilines is 1. The maximum atomic E-state index is 13.2. The molecular formula is C23H18N4O2. The fourth-order valence-electron chi connectivity index (χ4n) is 3.85. The van der Waals surface area contributed by atoms with Crippen LogP contribution in [0.1, 0.15) is 5.56 Å². The fraction of sp³-hybridized carbons (Fsp3) is 0.0435. The summed E-state index contributed by atoms with van der Waals surface area (Å²) < 4.78 is 3.46. The van der Waals surface area contributed by atoms with E-state index in [1.54, 1.807) is 24.3 Å². The summed E-state index contributed by atoms with van der Waals surface area (Å²) in [6.45, 7) is 0.644. The molecule has 0 aliphatic heterocycles. The van der Waals surface area contributed by atoms with Gasteiger partial charge in [-0.2, -0.15) is 4.73 Å². The standard InChI is InChI=1S/C23H18N4O2/c24-23-22(26(28)20-12-6-7-13-21(20)27(23)29)18-15-25(14-16-8-2-1-3-9-16)19-11-5-4-10-17(18)19/h1-13,15H,14,24H2. The molecule has 5 rings (SSSR count). The Morgan fingerprint density at radius 1 is 0.759 bits per heavy atom. The van der Waals surface area contributed by atoms with Crippen LogP contribution in [0.4, 0.5) is 5.82 Å². The summed E-state index contributed by atoms with van der Waals surface area (Å²) in [5.74, 6) is -0.110. The van der Waals surface area contributed by atoms with Gasteiger partial charge in [0.2, 0.25) is 5.52 Å². The largest absolute Gasteiger partial charge is 0.710 e. The van der Waals surface area contributed by atoms with E-state index in [1.165, 1.54) is 0 Å². The van der Waals surface area contributed by atoms with Gasteiger partial charge in [-0.15, -0.1) is 0 Å². The summed E-state index contributed by atoms with van der Waals surface area (Å²) in [5.41, 5.74) is 9.60. The number of nitrogen functional groups attached to an aromatic ring is 1. The molecule has 0 spiro atoms. The number of hydrogen-bond donors (Lipinski definition) is 1. The summed E-state index contributed by atoms with van der Waals surface area (Å²) in [7, 11) is 0. The first kappa shape index (κ1) is 17.1. The second kappa shape index (κ2) is 6.53. The highest BCUT2D eigenvalue weighted by molar-refractivity contribution is 5.96. The SMILES string of the molecule is Nc1c(-c2cn(Cc3ccccc3)c3ccccc23)[n+]([O-])c2ccccc2[n+]1[O-]. The zero-order valence-corrected chi connectivity index (χ0v) is 15.5. The third kappa shape index (κ3) is 2.65. The Balaban J connectivity index is 1.79. The number of aromatic nitrogens is 3. The van der Waals surface area contributed by atoms with Crippen LogP contribution >= 0.6 is 0 Å². The molecule has 6 heteroatoms. The van der Waals surface area contributed by atoms with Crippen LogP contribution in [0.5, 0.6) is 0 Å². The molecule has 0 saturated carbocycles. The lowest BCUT2D eigenvalue weighted by Crippen LogP contribution is -2.42. The van der Waals surface area contributed by atoms with Crippen molar-refractivity contribution in [1.29, 1.82) is 0 Å². The molecule has 2 heterocycles. The molecule has 0 unspecified atom stereocenters. The molecule has 3 aromatic carbocycles. The van der Waals surface area contributed by atoms with Gasteiger partial charge < -0.3 is 15.0 Å². The van der Waals surface area contributed by atoms with Crippen molar-refractivity contribution in [2.45, 2.75) is 6.54 Å². The highest BCUT2D eigenvalue weighted by Crippen LogP contribution is 2.32. The van der Waals surface area contributed by atoms with Gasteiger partial charge in [0.05, 0.1) is 5.56 Å². The van der Waals surface area contributed by atoms with Crippen molar-refractivity contribution in [3.63, 3.8) is 0 Å². The molecule has 0 amide bonds. The quantitative estimate of drug-likeness (QED) is 0.384. The maximum absolute atomic E-state index is 13.2. The highest BCUT2D eigenvalue weighted by atomic mass is 16.5. The zero-order valence-electron chi connectivity index (χ0n) is 15.5. The number of fused-ring (bicyclic) bond motifs is 2. The van der Waals surface area contributed by atoms with Crippen LogP contribution in [0.15, 0.2) is 85.1 Å². The van der Waals surface area contributed by atoms with Crippen LogP contribution in [0.25, 0.3) is 33.2 Å². The maximum Gasteiger partial charge on any atom is 0.351 e. The van der Waals surface area contributed by atoms with Gasteiger partial charge in [0, 0.05) is 29.7 Å². The van der Waals surface area contributed by atoms with Gasteiger partial charge in [-0.25, -0.2) is 4.73 Å². The topological polar surface area (TPSA) is 84.8 Å². The van der Waals surface area contributed by atoms with Crippen LogP contribution < -0.4 is 15.2 Å². The van der Waals surface area contributed by atoms with Gasteiger partial charge in [0.25, 0.3) is 5.52 Å². The van der Waals surface area contributed by atoms with E-state index < -0.39 is 0 Å².